The lowest BCUT2D eigenvalue weighted by Crippen LogP contribution is -2.23. The molecule has 72 valence electrons. The van der Waals surface area contributed by atoms with E-state index in [1.165, 1.54) is 0 Å². The van der Waals surface area contributed by atoms with Gasteiger partial charge in [-0.2, -0.15) is 0 Å². The van der Waals surface area contributed by atoms with E-state index in [2.05, 4.69) is 0 Å². The quantitative estimate of drug-likeness (QED) is 0.541. The Morgan fingerprint density at radius 3 is 2.42 bits per heavy atom. The van der Waals surface area contributed by atoms with Gasteiger partial charge >= 0.3 is 0 Å². The van der Waals surface area contributed by atoms with Crippen molar-refractivity contribution in [3.8, 4) is 0 Å². The van der Waals surface area contributed by atoms with E-state index in [1.807, 2.05) is 6.92 Å². The van der Waals surface area contributed by atoms with Gasteiger partial charge in [0, 0.05) is 12.5 Å². The smallest absolute Gasteiger partial charge is 0.154 e. The standard InChI is InChI=1S/C9H18O3/c1-6(9(11)12)8-3-2-7(4-8)5-10/h6-12H,2-5H2,1H3. The maximum atomic E-state index is 8.93. The van der Waals surface area contributed by atoms with Gasteiger partial charge in [0.1, 0.15) is 0 Å². The fourth-order valence-corrected chi connectivity index (χ4v) is 2.00. The molecular formula is C9H18O3. The van der Waals surface area contributed by atoms with Crippen molar-refractivity contribution < 1.29 is 15.3 Å². The Bertz CT molecular complexity index is 136. The number of rotatable bonds is 3. The van der Waals surface area contributed by atoms with Crippen LogP contribution < -0.4 is 0 Å². The molecule has 0 amide bonds. The summed E-state index contributed by atoms with van der Waals surface area (Å²) in [6, 6.07) is 0. The van der Waals surface area contributed by atoms with Crippen LogP contribution in [0.4, 0.5) is 0 Å². The molecule has 12 heavy (non-hydrogen) atoms. The second-order valence-corrected chi connectivity index (χ2v) is 3.89. The van der Waals surface area contributed by atoms with Gasteiger partial charge in [0.05, 0.1) is 0 Å². The molecule has 0 heterocycles. The molecule has 0 radical (unpaired) electrons. The van der Waals surface area contributed by atoms with Gasteiger partial charge in [-0.1, -0.05) is 6.92 Å². The zero-order valence-electron chi connectivity index (χ0n) is 7.48. The molecule has 1 saturated carbocycles. The first kappa shape index (κ1) is 9.96. The van der Waals surface area contributed by atoms with Crippen LogP contribution in [-0.2, 0) is 0 Å². The predicted octanol–water partition coefficient (Wildman–Crippen LogP) is 0.342. The number of hydrogen-bond donors (Lipinski definition) is 3. The van der Waals surface area contributed by atoms with Crippen LogP contribution in [-0.4, -0.2) is 28.2 Å². The van der Waals surface area contributed by atoms with Crippen LogP contribution in [0.25, 0.3) is 0 Å². The molecular weight excluding hydrogens is 156 g/mol. The Kier molecular flexibility index (Phi) is 3.50. The Balaban J connectivity index is 2.35. The van der Waals surface area contributed by atoms with Crippen LogP contribution >= 0.6 is 0 Å². The number of aliphatic hydroxyl groups excluding tert-OH is 2. The molecule has 0 saturated heterocycles. The predicted molar refractivity (Wildman–Crippen MR) is 45.3 cm³/mol. The normalized spacial score (nSPS) is 32.8. The molecule has 0 aromatic heterocycles. The Morgan fingerprint density at radius 2 is 2.00 bits per heavy atom. The molecule has 3 N–H and O–H groups in total. The highest BCUT2D eigenvalue weighted by atomic mass is 16.5. The number of hydrogen-bond acceptors (Lipinski definition) is 3. The molecule has 0 aliphatic heterocycles. The minimum atomic E-state index is -1.20. The highest BCUT2D eigenvalue weighted by molar-refractivity contribution is 4.79. The Morgan fingerprint density at radius 1 is 1.33 bits per heavy atom. The van der Waals surface area contributed by atoms with Crippen molar-refractivity contribution >= 4 is 0 Å². The lowest BCUT2D eigenvalue weighted by atomic mass is 9.91. The molecule has 1 aliphatic rings. The summed E-state index contributed by atoms with van der Waals surface area (Å²) < 4.78 is 0. The van der Waals surface area contributed by atoms with Gasteiger partial charge < -0.3 is 15.3 Å². The van der Waals surface area contributed by atoms with Crippen molar-refractivity contribution in [1.29, 1.82) is 0 Å². The lowest BCUT2D eigenvalue weighted by Gasteiger charge is -2.20. The van der Waals surface area contributed by atoms with Crippen molar-refractivity contribution in [3.63, 3.8) is 0 Å². The average Bonchev–Trinajstić information content (AvgIpc) is 2.50. The molecule has 0 spiro atoms. The third-order valence-electron chi connectivity index (χ3n) is 3.05. The van der Waals surface area contributed by atoms with Gasteiger partial charge in [0.15, 0.2) is 6.29 Å². The van der Waals surface area contributed by atoms with Crippen LogP contribution in [0.2, 0.25) is 0 Å². The maximum absolute atomic E-state index is 8.93. The fourth-order valence-electron chi connectivity index (χ4n) is 2.00. The van der Waals surface area contributed by atoms with Gasteiger partial charge in [-0.3, -0.25) is 0 Å². The lowest BCUT2D eigenvalue weighted by molar-refractivity contribution is -0.0941. The molecule has 0 aromatic rings. The van der Waals surface area contributed by atoms with Gasteiger partial charge in [0.2, 0.25) is 0 Å². The van der Waals surface area contributed by atoms with Crippen LogP contribution in [0.3, 0.4) is 0 Å². The van der Waals surface area contributed by atoms with Crippen LogP contribution in [0.15, 0.2) is 0 Å². The van der Waals surface area contributed by atoms with Crippen molar-refractivity contribution in [2.75, 3.05) is 6.61 Å². The molecule has 3 heteroatoms. The molecule has 3 unspecified atom stereocenters. The Hall–Kier alpha value is -0.120. The molecule has 1 aliphatic carbocycles. The zero-order chi connectivity index (χ0) is 9.14. The summed E-state index contributed by atoms with van der Waals surface area (Å²) in [6.45, 7) is 2.10. The second-order valence-electron chi connectivity index (χ2n) is 3.89. The minimum Gasteiger partial charge on any atom is -0.396 e. The first-order valence-electron chi connectivity index (χ1n) is 4.62. The molecule has 3 atom stereocenters. The van der Waals surface area contributed by atoms with Gasteiger partial charge in [0.25, 0.3) is 0 Å². The fraction of sp³-hybridized carbons (Fsp3) is 1.00. The molecule has 0 bridgehead atoms. The van der Waals surface area contributed by atoms with Crippen LogP contribution in [0.5, 0.6) is 0 Å². The number of aliphatic hydroxyl groups is 3. The monoisotopic (exact) mass is 174 g/mol. The SMILES string of the molecule is CC(C(O)O)C1CCC(CO)C1. The van der Waals surface area contributed by atoms with E-state index in [0.717, 1.165) is 19.3 Å². The van der Waals surface area contributed by atoms with E-state index in [-0.39, 0.29) is 12.5 Å². The van der Waals surface area contributed by atoms with Crippen molar-refractivity contribution in [1.82, 2.24) is 0 Å². The molecule has 1 rings (SSSR count). The largest absolute Gasteiger partial charge is 0.396 e. The van der Waals surface area contributed by atoms with E-state index < -0.39 is 6.29 Å². The molecule has 1 fully saturated rings. The third-order valence-corrected chi connectivity index (χ3v) is 3.05. The van der Waals surface area contributed by atoms with E-state index in [4.69, 9.17) is 15.3 Å². The van der Waals surface area contributed by atoms with Crippen molar-refractivity contribution in [3.05, 3.63) is 0 Å². The van der Waals surface area contributed by atoms with E-state index in [9.17, 15) is 0 Å². The van der Waals surface area contributed by atoms with Gasteiger partial charge in [-0.15, -0.1) is 0 Å². The van der Waals surface area contributed by atoms with Gasteiger partial charge in [-0.25, -0.2) is 0 Å². The molecule has 3 nitrogen and oxygen atoms in total. The highest BCUT2D eigenvalue weighted by Crippen LogP contribution is 2.36. The highest BCUT2D eigenvalue weighted by Gasteiger charge is 2.30. The third kappa shape index (κ3) is 2.19. The summed E-state index contributed by atoms with van der Waals surface area (Å²) in [5.74, 6) is 0.708. The zero-order valence-corrected chi connectivity index (χ0v) is 7.48. The average molecular weight is 174 g/mol. The van der Waals surface area contributed by atoms with Gasteiger partial charge in [-0.05, 0) is 31.1 Å². The topological polar surface area (TPSA) is 60.7 Å². The van der Waals surface area contributed by atoms with E-state index in [1.54, 1.807) is 0 Å². The summed E-state index contributed by atoms with van der Waals surface area (Å²) in [7, 11) is 0. The van der Waals surface area contributed by atoms with Crippen LogP contribution in [0.1, 0.15) is 26.2 Å². The van der Waals surface area contributed by atoms with Crippen molar-refractivity contribution in [2.45, 2.75) is 32.5 Å². The minimum absolute atomic E-state index is 0.0541. The molecule has 0 aromatic carbocycles. The van der Waals surface area contributed by atoms with E-state index >= 15 is 0 Å². The first-order valence-corrected chi connectivity index (χ1v) is 4.62. The maximum Gasteiger partial charge on any atom is 0.154 e. The Labute approximate surface area is 73.0 Å². The summed E-state index contributed by atoms with van der Waals surface area (Å²) in [5.41, 5.74) is 0. The van der Waals surface area contributed by atoms with E-state index in [0.29, 0.717) is 11.8 Å². The summed E-state index contributed by atoms with van der Waals surface area (Å²) in [6.07, 6.45) is 1.78. The summed E-state index contributed by atoms with van der Waals surface area (Å²) in [5, 5.41) is 26.7. The first-order chi connectivity index (χ1) is 5.65. The van der Waals surface area contributed by atoms with Crippen molar-refractivity contribution in [2.24, 2.45) is 17.8 Å². The van der Waals surface area contributed by atoms with Crippen LogP contribution in [0, 0.1) is 17.8 Å². The summed E-state index contributed by atoms with van der Waals surface area (Å²) >= 11 is 0. The summed E-state index contributed by atoms with van der Waals surface area (Å²) in [4.78, 5) is 0. The second kappa shape index (κ2) is 4.21.